The predicted molar refractivity (Wildman–Crippen MR) is 54.8 cm³/mol. The summed E-state index contributed by atoms with van der Waals surface area (Å²) in [6, 6.07) is 0. The molecule has 0 rings (SSSR count). The van der Waals surface area contributed by atoms with Gasteiger partial charge in [0.15, 0.2) is 6.29 Å². The van der Waals surface area contributed by atoms with Crippen molar-refractivity contribution in [3.8, 4) is 0 Å². The maximum absolute atomic E-state index is 10.7. The van der Waals surface area contributed by atoms with Gasteiger partial charge in [-0.05, 0) is 0 Å². The summed E-state index contributed by atoms with van der Waals surface area (Å²) in [5.41, 5.74) is -5.53. The lowest BCUT2D eigenvalue weighted by atomic mass is 10.0. The fourth-order valence-corrected chi connectivity index (χ4v) is 0.618. The topological polar surface area (TPSA) is 173 Å². The largest absolute Gasteiger partial charge is 0.522 e. The molecular weight excluding hydrogens is 317 g/mol. The second-order valence-electron chi connectivity index (χ2n) is 3.28. The second-order valence-corrected chi connectivity index (χ2v) is 4.69. The first-order valence-corrected chi connectivity index (χ1v) is 6.05. The maximum Gasteiger partial charge on any atom is 0.522 e. The Morgan fingerprint density at radius 1 is 1.05 bits per heavy atom. The number of hydrogen-bond acceptors (Lipinski definition) is 8. The van der Waals surface area contributed by atoms with Crippen molar-refractivity contribution >= 4 is 16.4 Å². The lowest BCUT2D eigenvalue weighted by Crippen LogP contribution is -2.46. The molecule has 0 aromatic carbocycles. The first-order chi connectivity index (χ1) is 8.79. The molecule has 122 valence electrons. The van der Waals surface area contributed by atoms with Crippen LogP contribution >= 0.6 is 0 Å². The van der Waals surface area contributed by atoms with Crippen LogP contribution in [-0.2, 0) is 14.9 Å². The Bertz CT molecular complexity index is 381. The Balaban J connectivity index is 0. The van der Waals surface area contributed by atoms with E-state index in [0.29, 0.717) is 0 Å². The molecule has 6 N–H and O–H groups in total. The van der Waals surface area contributed by atoms with Crippen molar-refractivity contribution in [2.75, 3.05) is 6.61 Å². The number of carbonyl (C=O) groups is 1. The van der Waals surface area contributed by atoms with Gasteiger partial charge in [0.1, 0.15) is 24.4 Å². The van der Waals surface area contributed by atoms with E-state index in [4.69, 9.17) is 38.5 Å². The molecule has 4 unspecified atom stereocenters. The van der Waals surface area contributed by atoms with Crippen LogP contribution in [-0.4, -0.2) is 81.3 Å². The van der Waals surface area contributed by atoms with E-state index in [1.165, 1.54) is 0 Å². The average Bonchev–Trinajstić information content (AvgIpc) is 2.33. The normalized spacial score (nSPS) is 18.2. The standard InChI is InChI=1S/C6H12O6.CHF3O3S/c7-1-3(9)5(11)6(12)4(10)2-8;2-1(3,4)8(5,6)7/h1,3-6,8-12H,2H2;(H,5,6,7). The van der Waals surface area contributed by atoms with Crippen molar-refractivity contribution in [3.63, 3.8) is 0 Å². The van der Waals surface area contributed by atoms with Gasteiger partial charge in [0.2, 0.25) is 0 Å². The number of aldehydes is 1. The third-order valence-electron chi connectivity index (χ3n) is 1.71. The summed E-state index contributed by atoms with van der Waals surface area (Å²) in [7, 11) is -5.84. The molecule has 0 amide bonds. The van der Waals surface area contributed by atoms with Crippen LogP contribution in [0.15, 0.2) is 0 Å². The number of alkyl halides is 3. The van der Waals surface area contributed by atoms with Crippen molar-refractivity contribution in [3.05, 3.63) is 0 Å². The molecule has 0 bridgehead atoms. The average molecular weight is 330 g/mol. The van der Waals surface area contributed by atoms with E-state index >= 15 is 0 Å². The van der Waals surface area contributed by atoms with E-state index in [1.807, 2.05) is 0 Å². The van der Waals surface area contributed by atoms with Gasteiger partial charge < -0.3 is 30.3 Å². The number of aliphatic hydroxyl groups is 5. The zero-order valence-electron chi connectivity index (χ0n) is 9.54. The van der Waals surface area contributed by atoms with Crippen LogP contribution < -0.4 is 0 Å². The quantitative estimate of drug-likeness (QED) is 0.175. The van der Waals surface area contributed by atoms with Gasteiger partial charge in [-0.2, -0.15) is 21.6 Å². The molecule has 0 radical (unpaired) electrons. The van der Waals surface area contributed by atoms with E-state index in [0.717, 1.165) is 0 Å². The summed E-state index contributed by atoms with van der Waals surface area (Å²) in [5.74, 6) is 0. The van der Waals surface area contributed by atoms with Gasteiger partial charge in [0.05, 0.1) is 6.61 Å². The fourth-order valence-electron chi connectivity index (χ4n) is 0.618. The molecule has 20 heavy (non-hydrogen) atoms. The van der Waals surface area contributed by atoms with Gasteiger partial charge in [-0.3, -0.25) is 4.55 Å². The monoisotopic (exact) mass is 330 g/mol. The Morgan fingerprint density at radius 2 is 1.40 bits per heavy atom. The van der Waals surface area contributed by atoms with Crippen molar-refractivity contribution in [1.82, 2.24) is 0 Å². The Kier molecular flexibility index (Phi) is 9.08. The van der Waals surface area contributed by atoms with Crippen LogP contribution in [0, 0.1) is 0 Å². The van der Waals surface area contributed by atoms with E-state index in [1.54, 1.807) is 0 Å². The second kappa shape index (κ2) is 8.46. The molecule has 0 aliphatic carbocycles. The van der Waals surface area contributed by atoms with E-state index in [-0.39, 0.29) is 6.29 Å². The van der Waals surface area contributed by atoms with Crippen molar-refractivity contribution in [2.24, 2.45) is 0 Å². The Hall–Kier alpha value is -0.830. The van der Waals surface area contributed by atoms with Gasteiger partial charge in [-0.15, -0.1) is 0 Å². The van der Waals surface area contributed by atoms with Crippen LogP contribution in [0.25, 0.3) is 0 Å². The number of hydrogen-bond donors (Lipinski definition) is 6. The van der Waals surface area contributed by atoms with Crippen LogP contribution in [0.3, 0.4) is 0 Å². The molecule has 0 saturated carbocycles. The maximum atomic E-state index is 10.7. The van der Waals surface area contributed by atoms with Gasteiger partial charge in [-0.1, -0.05) is 0 Å². The number of rotatable bonds is 5. The van der Waals surface area contributed by atoms with Crippen LogP contribution in [0.5, 0.6) is 0 Å². The van der Waals surface area contributed by atoms with Crippen LogP contribution in [0.2, 0.25) is 0 Å². The van der Waals surface area contributed by atoms with Crippen molar-refractivity contribution in [2.45, 2.75) is 29.9 Å². The van der Waals surface area contributed by atoms with E-state index < -0.39 is 46.6 Å². The molecule has 13 heteroatoms. The molecule has 9 nitrogen and oxygen atoms in total. The Labute approximate surface area is 110 Å². The van der Waals surface area contributed by atoms with Crippen molar-refractivity contribution < 1.29 is 56.5 Å². The third kappa shape index (κ3) is 7.68. The van der Waals surface area contributed by atoms with E-state index in [2.05, 4.69) is 0 Å². The highest BCUT2D eigenvalue weighted by molar-refractivity contribution is 7.86. The van der Waals surface area contributed by atoms with Gasteiger partial charge in [0, 0.05) is 0 Å². The van der Waals surface area contributed by atoms with E-state index in [9.17, 15) is 18.0 Å². The smallest absolute Gasteiger partial charge is 0.394 e. The molecule has 0 aliphatic heterocycles. The first kappa shape index (κ1) is 21.5. The zero-order valence-corrected chi connectivity index (χ0v) is 10.4. The molecular formula is C7H13F3O9S. The molecule has 0 fully saturated rings. The highest BCUT2D eigenvalue weighted by Gasteiger charge is 2.44. The summed E-state index contributed by atoms with van der Waals surface area (Å²) in [6.45, 7) is -0.760. The number of carbonyl (C=O) groups excluding carboxylic acids is 1. The lowest BCUT2D eigenvalue weighted by Gasteiger charge is -2.22. The highest BCUT2D eigenvalue weighted by atomic mass is 32.2. The lowest BCUT2D eigenvalue weighted by molar-refractivity contribution is -0.136. The minimum atomic E-state index is -5.84. The molecule has 0 aromatic heterocycles. The van der Waals surface area contributed by atoms with Crippen LogP contribution in [0.1, 0.15) is 0 Å². The van der Waals surface area contributed by atoms with Gasteiger partial charge >= 0.3 is 15.6 Å². The number of aliphatic hydroxyl groups excluding tert-OH is 5. The summed E-state index contributed by atoms with van der Waals surface area (Å²) < 4.78 is 57.5. The summed E-state index contributed by atoms with van der Waals surface area (Å²) in [4.78, 5) is 9.90. The zero-order chi connectivity index (χ0) is 16.7. The Morgan fingerprint density at radius 3 is 1.60 bits per heavy atom. The number of halogens is 3. The van der Waals surface area contributed by atoms with Gasteiger partial charge in [-0.25, -0.2) is 0 Å². The van der Waals surface area contributed by atoms with Crippen LogP contribution in [0.4, 0.5) is 13.2 Å². The van der Waals surface area contributed by atoms with Crippen molar-refractivity contribution in [1.29, 1.82) is 0 Å². The highest BCUT2D eigenvalue weighted by Crippen LogP contribution is 2.20. The fraction of sp³-hybridized carbons (Fsp3) is 0.857. The van der Waals surface area contributed by atoms with Gasteiger partial charge in [0.25, 0.3) is 0 Å². The minimum absolute atomic E-state index is 0.0258. The third-order valence-corrected chi connectivity index (χ3v) is 2.30. The molecule has 0 spiro atoms. The minimum Gasteiger partial charge on any atom is -0.394 e. The molecule has 0 aromatic rings. The summed E-state index contributed by atoms with van der Waals surface area (Å²) >= 11 is 0. The summed E-state index contributed by atoms with van der Waals surface area (Å²) in [5, 5.41) is 43.5. The first-order valence-electron chi connectivity index (χ1n) is 4.61. The summed E-state index contributed by atoms with van der Waals surface area (Å²) in [6.07, 6.45) is -6.84. The SMILES string of the molecule is O=CC(O)C(O)C(O)C(O)CO.O=S(=O)(O)C(F)(F)F. The molecule has 0 aliphatic rings. The molecule has 0 heterocycles. The molecule has 4 atom stereocenters. The predicted octanol–water partition coefficient (Wildman–Crippen LogP) is -2.98. The molecule has 0 saturated heterocycles.